The van der Waals surface area contributed by atoms with Crippen molar-refractivity contribution in [3.05, 3.63) is 29.3 Å². The molecule has 2 heterocycles. The third-order valence-electron chi connectivity index (χ3n) is 3.99. The number of likely N-dealkylation sites (N-methyl/N-ethyl adjacent to an activating group) is 2. The van der Waals surface area contributed by atoms with E-state index in [1.54, 1.807) is 0 Å². The normalized spacial score (nSPS) is 26.6. The van der Waals surface area contributed by atoms with E-state index >= 15 is 0 Å². The fourth-order valence-electron chi connectivity index (χ4n) is 3.03. The van der Waals surface area contributed by atoms with Gasteiger partial charge in [0, 0.05) is 31.9 Å². The molecule has 2 aliphatic rings. The Morgan fingerprint density at radius 3 is 2.82 bits per heavy atom. The summed E-state index contributed by atoms with van der Waals surface area (Å²) in [6.07, 6.45) is 0. The van der Waals surface area contributed by atoms with Crippen LogP contribution in [0, 0.1) is 6.92 Å². The maximum atomic E-state index is 12.0. The number of nitrogens with zero attached hydrogens (tertiary/aromatic N) is 2. The molecule has 4 heteroatoms. The molecule has 0 spiro atoms. The Kier molecular flexibility index (Phi) is 2.08. The van der Waals surface area contributed by atoms with Gasteiger partial charge in [0.05, 0.1) is 12.1 Å². The number of fused-ring (bicyclic) bond motifs is 3. The maximum Gasteiger partial charge on any atom is 0.320 e. The number of nitrogens with one attached hydrogen (secondary N) is 1. The standard InChI is InChI=1S/C13H17N3O/c1-8-5-4-6-9-11(8)14-7-10-12(9)16(3)13(17)15(10)2/h4-6,10,12,14H,7H2,1-3H3. The molecule has 90 valence electrons. The van der Waals surface area contributed by atoms with Crippen molar-refractivity contribution in [3.8, 4) is 0 Å². The molecule has 4 nitrogen and oxygen atoms in total. The number of para-hydroxylation sites is 1. The Morgan fingerprint density at radius 2 is 2.06 bits per heavy atom. The molecule has 17 heavy (non-hydrogen) atoms. The summed E-state index contributed by atoms with van der Waals surface area (Å²) in [6.45, 7) is 2.93. The van der Waals surface area contributed by atoms with E-state index in [4.69, 9.17) is 0 Å². The molecule has 3 rings (SSSR count). The van der Waals surface area contributed by atoms with Crippen molar-refractivity contribution in [3.63, 3.8) is 0 Å². The molecule has 0 aromatic heterocycles. The van der Waals surface area contributed by atoms with Gasteiger partial charge in [0.2, 0.25) is 0 Å². The number of hydrogen-bond acceptors (Lipinski definition) is 2. The van der Waals surface area contributed by atoms with Gasteiger partial charge in [-0.15, -0.1) is 0 Å². The van der Waals surface area contributed by atoms with Crippen molar-refractivity contribution in [2.45, 2.75) is 19.0 Å². The summed E-state index contributed by atoms with van der Waals surface area (Å²) in [4.78, 5) is 15.7. The molecule has 0 aliphatic carbocycles. The van der Waals surface area contributed by atoms with E-state index < -0.39 is 0 Å². The molecule has 0 radical (unpaired) electrons. The van der Waals surface area contributed by atoms with Gasteiger partial charge in [0.1, 0.15) is 0 Å². The Labute approximate surface area is 101 Å². The van der Waals surface area contributed by atoms with Gasteiger partial charge in [-0.3, -0.25) is 0 Å². The summed E-state index contributed by atoms with van der Waals surface area (Å²) < 4.78 is 0. The molecular weight excluding hydrogens is 214 g/mol. The van der Waals surface area contributed by atoms with Crippen LogP contribution < -0.4 is 5.32 Å². The molecule has 1 N–H and O–H groups in total. The quantitative estimate of drug-likeness (QED) is 0.739. The number of aryl methyl sites for hydroxylation is 1. The van der Waals surface area contributed by atoms with Crippen LogP contribution in [0.25, 0.3) is 0 Å². The Hall–Kier alpha value is -1.71. The van der Waals surface area contributed by atoms with Gasteiger partial charge < -0.3 is 15.1 Å². The molecule has 1 aromatic carbocycles. The molecule has 2 aliphatic heterocycles. The van der Waals surface area contributed by atoms with Crippen molar-refractivity contribution in [2.75, 3.05) is 26.0 Å². The number of anilines is 1. The number of carbonyl (C=O) groups excluding carboxylic acids is 1. The number of rotatable bonds is 0. The van der Waals surface area contributed by atoms with E-state index in [2.05, 4.69) is 30.4 Å². The van der Waals surface area contributed by atoms with Crippen LogP contribution in [0.2, 0.25) is 0 Å². The molecule has 1 aromatic rings. The maximum absolute atomic E-state index is 12.0. The van der Waals surface area contributed by atoms with Gasteiger partial charge in [-0.25, -0.2) is 4.79 Å². The summed E-state index contributed by atoms with van der Waals surface area (Å²) in [5.74, 6) is 0. The van der Waals surface area contributed by atoms with Gasteiger partial charge in [-0.2, -0.15) is 0 Å². The average molecular weight is 231 g/mol. The van der Waals surface area contributed by atoms with E-state index in [1.807, 2.05) is 23.9 Å². The van der Waals surface area contributed by atoms with E-state index in [-0.39, 0.29) is 18.1 Å². The third-order valence-corrected chi connectivity index (χ3v) is 3.99. The summed E-state index contributed by atoms with van der Waals surface area (Å²) in [5, 5.41) is 3.45. The second-order valence-corrected chi connectivity index (χ2v) is 4.94. The predicted octanol–water partition coefficient (Wildman–Crippen LogP) is 1.83. The largest absolute Gasteiger partial charge is 0.382 e. The summed E-state index contributed by atoms with van der Waals surface area (Å²) in [5.41, 5.74) is 3.68. The van der Waals surface area contributed by atoms with Gasteiger partial charge >= 0.3 is 6.03 Å². The van der Waals surface area contributed by atoms with Crippen molar-refractivity contribution in [1.29, 1.82) is 0 Å². The SMILES string of the molecule is Cc1cccc2c1NCC1C2N(C)C(=O)N1C. The fraction of sp³-hybridized carbons (Fsp3) is 0.462. The lowest BCUT2D eigenvalue weighted by molar-refractivity contribution is 0.200. The number of amides is 2. The van der Waals surface area contributed by atoms with Gasteiger partial charge in [0.25, 0.3) is 0 Å². The predicted molar refractivity (Wildman–Crippen MR) is 67.1 cm³/mol. The molecule has 2 atom stereocenters. The summed E-state index contributed by atoms with van der Waals surface area (Å²) >= 11 is 0. The lowest BCUT2D eigenvalue weighted by Crippen LogP contribution is -2.39. The Bertz CT molecular complexity index is 486. The molecule has 2 amide bonds. The summed E-state index contributed by atoms with van der Waals surface area (Å²) in [7, 11) is 3.77. The first-order valence-corrected chi connectivity index (χ1v) is 5.94. The zero-order chi connectivity index (χ0) is 12.2. The van der Waals surface area contributed by atoms with E-state index in [9.17, 15) is 4.79 Å². The molecule has 1 fully saturated rings. The zero-order valence-corrected chi connectivity index (χ0v) is 10.4. The van der Waals surface area contributed by atoms with Crippen LogP contribution in [-0.4, -0.2) is 42.5 Å². The highest BCUT2D eigenvalue weighted by molar-refractivity contribution is 5.79. The first kappa shape index (κ1) is 10.4. The fourth-order valence-corrected chi connectivity index (χ4v) is 3.03. The van der Waals surface area contributed by atoms with Crippen molar-refractivity contribution in [1.82, 2.24) is 9.80 Å². The summed E-state index contributed by atoms with van der Waals surface area (Å²) in [6, 6.07) is 6.82. The van der Waals surface area contributed by atoms with Crippen LogP contribution in [0.1, 0.15) is 17.2 Å². The number of benzene rings is 1. The molecule has 2 unspecified atom stereocenters. The van der Waals surface area contributed by atoms with Gasteiger partial charge in [-0.05, 0) is 12.5 Å². The third kappa shape index (κ3) is 1.27. The smallest absolute Gasteiger partial charge is 0.320 e. The van der Waals surface area contributed by atoms with Crippen LogP contribution in [0.4, 0.5) is 10.5 Å². The minimum absolute atomic E-state index is 0.108. The number of carbonyl (C=O) groups is 1. The average Bonchev–Trinajstić information content (AvgIpc) is 2.55. The van der Waals surface area contributed by atoms with Crippen molar-refractivity contribution >= 4 is 11.7 Å². The highest BCUT2D eigenvalue weighted by Crippen LogP contribution is 2.41. The van der Waals surface area contributed by atoms with Crippen LogP contribution in [-0.2, 0) is 0 Å². The van der Waals surface area contributed by atoms with Crippen LogP contribution >= 0.6 is 0 Å². The minimum atomic E-state index is 0.108. The van der Waals surface area contributed by atoms with E-state index in [1.165, 1.54) is 16.8 Å². The minimum Gasteiger partial charge on any atom is -0.382 e. The van der Waals surface area contributed by atoms with E-state index in [0.717, 1.165) is 6.54 Å². The Morgan fingerprint density at radius 1 is 1.29 bits per heavy atom. The van der Waals surface area contributed by atoms with E-state index in [0.29, 0.717) is 0 Å². The zero-order valence-electron chi connectivity index (χ0n) is 10.4. The van der Waals surface area contributed by atoms with Crippen LogP contribution in [0.5, 0.6) is 0 Å². The first-order chi connectivity index (χ1) is 8.11. The molecule has 0 bridgehead atoms. The second-order valence-electron chi connectivity index (χ2n) is 4.94. The first-order valence-electron chi connectivity index (χ1n) is 5.94. The number of hydrogen-bond donors (Lipinski definition) is 1. The molecule has 1 saturated heterocycles. The van der Waals surface area contributed by atoms with Gasteiger partial charge in [-0.1, -0.05) is 18.2 Å². The monoisotopic (exact) mass is 231 g/mol. The number of urea groups is 1. The highest BCUT2D eigenvalue weighted by atomic mass is 16.2. The lowest BCUT2D eigenvalue weighted by atomic mass is 9.92. The van der Waals surface area contributed by atoms with Crippen LogP contribution in [0.15, 0.2) is 18.2 Å². The second kappa shape index (κ2) is 3.39. The highest BCUT2D eigenvalue weighted by Gasteiger charge is 2.45. The lowest BCUT2D eigenvalue weighted by Gasteiger charge is -2.33. The Balaban J connectivity index is 2.12. The molecule has 0 saturated carbocycles. The molecular formula is C13H17N3O. The van der Waals surface area contributed by atoms with Crippen molar-refractivity contribution < 1.29 is 4.79 Å². The van der Waals surface area contributed by atoms with Crippen molar-refractivity contribution in [2.24, 2.45) is 0 Å². The topological polar surface area (TPSA) is 35.6 Å². The van der Waals surface area contributed by atoms with Crippen LogP contribution in [0.3, 0.4) is 0 Å². The van der Waals surface area contributed by atoms with Gasteiger partial charge in [0.15, 0.2) is 0 Å².